The highest BCUT2D eigenvalue weighted by molar-refractivity contribution is 5.75. The largest absolute Gasteiger partial charge is 0.469 e. The lowest BCUT2D eigenvalue weighted by atomic mass is 9.73. The maximum absolute atomic E-state index is 12.9. The minimum atomic E-state index is -3.96. The van der Waals surface area contributed by atoms with E-state index in [9.17, 15) is 22.4 Å². The first kappa shape index (κ1) is 10.7. The fourth-order valence-corrected chi connectivity index (χ4v) is 2.18. The van der Waals surface area contributed by atoms with Crippen molar-refractivity contribution in [3.63, 3.8) is 0 Å². The molecule has 2 rings (SSSR count). The third-order valence-corrected chi connectivity index (χ3v) is 3.29. The molecule has 2 aliphatic carbocycles. The van der Waals surface area contributed by atoms with Crippen LogP contribution in [0.15, 0.2) is 0 Å². The zero-order valence-electron chi connectivity index (χ0n) is 7.97. The Morgan fingerprint density at radius 3 is 2.33 bits per heavy atom. The van der Waals surface area contributed by atoms with Gasteiger partial charge in [0.25, 0.3) is 0 Å². The van der Waals surface area contributed by atoms with Crippen molar-refractivity contribution in [1.29, 1.82) is 0 Å². The van der Waals surface area contributed by atoms with Crippen LogP contribution in [0.25, 0.3) is 0 Å². The summed E-state index contributed by atoms with van der Waals surface area (Å²) >= 11 is 0. The molecule has 3 atom stereocenters. The molecule has 2 fully saturated rings. The third-order valence-electron chi connectivity index (χ3n) is 3.29. The lowest BCUT2D eigenvalue weighted by Crippen LogP contribution is -2.59. The predicted molar refractivity (Wildman–Crippen MR) is 41.6 cm³/mol. The number of halogens is 4. The van der Waals surface area contributed by atoms with Gasteiger partial charge < -0.3 is 4.74 Å². The first-order valence-electron chi connectivity index (χ1n) is 4.64. The van der Waals surface area contributed by atoms with Crippen molar-refractivity contribution in [2.45, 2.75) is 24.7 Å². The van der Waals surface area contributed by atoms with Gasteiger partial charge in [-0.3, -0.25) is 4.79 Å². The summed E-state index contributed by atoms with van der Waals surface area (Å²) in [4.78, 5) is 10.9. The van der Waals surface area contributed by atoms with Gasteiger partial charge in [0.05, 0.1) is 13.0 Å². The molecule has 0 heterocycles. The van der Waals surface area contributed by atoms with Crippen molar-refractivity contribution in [1.82, 2.24) is 0 Å². The monoisotopic (exact) mass is 226 g/mol. The van der Waals surface area contributed by atoms with Crippen molar-refractivity contribution in [3.05, 3.63) is 0 Å². The highest BCUT2D eigenvalue weighted by atomic mass is 19.3. The lowest BCUT2D eigenvalue weighted by molar-refractivity contribution is -0.318. The highest BCUT2D eigenvalue weighted by Gasteiger charge is 2.76. The van der Waals surface area contributed by atoms with E-state index >= 15 is 0 Å². The Balaban J connectivity index is 1.98. The van der Waals surface area contributed by atoms with Crippen LogP contribution < -0.4 is 0 Å². The Morgan fingerprint density at radius 2 is 1.93 bits per heavy atom. The van der Waals surface area contributed by atoms with Gasteiger partial charge in [-0.2, -0.15) is 17.6 Å². The van der Waals surface area contributed by atoms with Gasteiger partial charge in [-0.05, 0) is 12.3 Å². The highest BCUT2D eigenvalue weighted by Crippen LogP contribution is 2.64. The van der Waals surface area contributed by atoms with E-state index in [4.69, 9.17) is 0 Å². The standard InChI is InChI=1S/C9H10F4O2/c1-15-7(14)5-2-4(5)6-3-8(10,11)9(6,12)13/h4-6H,2-3H2,1H3. The molecule has 0 spiro atoms. The number of ether oxygens (including phenoxy) is 1. The van der Waals surface area contributed by atoms with Gasteiger partial charge in [-0.25, -0.2) is 0 Å². The summed E-state index contributed by atoms with van der Waals surface area (Å²) < 4.78 is 55.2. The number of rotatable bonds is 2. The number of carbonyl (C=O) groups excluding carboxylic acids is 1. The summed E-state index contributed by atoms with van der Waals surface area (Å²) in [5.74, 6) is -11.0. The number of carbonyl (C=O) groups is 1. The number of alkyl halides is 4. The summed E-state index contributed by atoms with van der Waals surface area (Å²) in [5, 5.41) is 0. The van der Waals surface area contributed by atoms with Crippen LogP contribution in [0.3, 0.4) is 0 Å². The second-order valence-electron chi connectivity index (χ2n) is 4.17. The minimum absolute atomic E-state index is 0.239. The molecular formula is C9H10F4O2. The van der Waals surface area contributed by atoms with Gasteiger partial charge in [-0.15, -0.1) is 0 Å². The topological polar surface area (TPSA) is 26.3 Å². The molecule has 0 aromatic heterocycles. The molecule has 3 unspecified atom stereocenters. The van der Waals surface area contributed by atoms with Gasteiger partial charge in [0.2, 0.25) is 0 Å². The molecule has 0 bridgehead atoms. The van der Waals surface area contributed by atoms with Crippen LogP contribution in [0.1, 0.15) is 12.8 Å². The molecule has 2 aliphatic rings. The average molecular weight is 226 g/mol. The van der Waals surface area contributed by atoms with Crippen molar-refractivity contribution in [2.75, 3.05) is 7.11 Å². The van der Waals surface area contributed by atoms with Gasteiger partial charge in [0.15, 0.2) is 0 Å². The molecule has 6 heteroatoms. The normalized spacial score (nSPS) is 40.5. The minimum Gasteiger partial charge on any atom is -0.469 e. The molecule has 0 aliphatic heterocycles. The first-order valence-corrected chi connectivity index (χ1v) is 4.64. The SMILES string of the molecule is COC(=O)C1CC1C1CC(F)(F)C1(F)F. The molecule has 0 saturated heterocycles. The summed E-state index contributed by atoms with van der Waals surface area (Å²) in [6, 6.07) is 0. The van der Waals surface area contributed by atoms with E-state index < -0.39 is 42.0 Å². The van der Waals surface area contributed by atoms with Gasteiger partial charge in [-0.1, -0.05) is 0 Å². The first-order chi connectivity index (χ1) is 6.81. The second kappa shape index (κ2) is 2.86. The second-order valence-corrected chi connectivity index (χ2v) is 4.17. The summed E-state index contributed by atoms with van der Waals surface area (Å²) in [6.07, 6.45) is -0.582. The molecule has 2 nitrogen and oxygen atoms in total. The molecule has 0 radical (unpaired) electrons. The van der Waals surface area contributed by atoms with Crippen molar-refractivity contribution in [2.24, 2.45) is 17.8 Å². The molecule has 2 saturated carbocycles. The van der Waals surface area contributed by atoms with Crippen molar-refractivity contribution < 1.29 is 27.1 Å². The predicted octanol–water partition coefficient (Wildman–Crippen LogP) is 2.09. The smallest absolute Gasteiger partial charge is 0.313 e. The van der Waals surface area contributed by atoms with Crippen LogP contribution in [0.2, 0.25) is 0 Å². The van der Waals surface area contributed by atoms with Gasteiger partial charge >= 0.3 is 17.8 Å². The molecule has 15 heavy (non-hydrogen) atoms. The molecule has 0 amide bonds. The summed E-state index contributed by atoms with van der Waals surface area (Å²) in [7, 11) is 1.16. The van der Waals surface area contributed by atoms with E-state index in [1.54, 1.807) is 0 Å². The zero-order valence-corrected chi connectivity index (χ0v) is 7.97. The number of methoxy groups -OCH3 is 1. The Morgan fingerprint density at radius 1 is 1.33 bits per heavy atom. The Labute approximate surface area is 83.6 Å². The fourth-order valence-electron chi connectivity index (χ4n) is 2.18. The van der Waals surface area contributed by atoms with Crippen LogP contribution in [-0.4, -0.2) is 24.9 Å². The molecule has 0 aromatic rings. The molecule has 0 aromatic carbocycles. The van der Waals surface area contributed by atoms with Crippen LogP contribution >= 0.6 is 0 Å². The van der Waals surface area contributed by atoms with E-state index in [1.165, 1.54) is 0 Å². The zero-order chi connectivity index (χ0) is 11.4. The van der Waals surface area contributed by atoms with Crippen LogP contribution in [-0.2, 0) is 9.53 Å². The molecular weight excluding hydrogens is 216 g/mol. The molecule has 86 valence electrons. The van der Waals surface area contributed by atoms with E-state index in [0.717, 1.165) is 7.11 Å². The Hall–Kier alpha value is -0.810. The van der Waals surface area contributed by atoms with Gasteiger partial charge in [0, 0.05) is 12.3 Å². The molecule has 0 N–H and O–H groups in total. The Kier molecular flexibility index (Phi) is 2.04. The summed E-state index contributed by atoms with van der Waals surface area (Å²) in [6.45, 7) is 0. The number of hydrogen-bond acceptors (Lipinski definition) is 2. The van der Waals surface area contributed by atoms with E-state index in [0.29, 0.717) is 0 Å². The van der Waals surface area contributed by atoms with Crippen LogP contribution in [0.4, 0.5) is 17.6 Å². The average Bonchev–Trinajstić information content (AvgIpc) is 2.92. The van der Waals surface area contributed by atoms with E-state index in [2.05, 4.69) is 4.74 Å². The maximum Gasteiger partial charge on any atom is 0.313 e. The van der Waals surface area contributed by atoms with Crippen molar-refractivity contribution >= 4 is 5.97 Å². The third kappa shape index (κ3) is 1.33. The number of esters is 1. The van der Waals surface area contributed by atoms with Crippen LogP contribution in [0.5, 0.6) is 0 Å². The number of hydrogen-bond donors (Lipinski definition) is 0. The Bertz CT molecular complexity index is 302. The maximum atomic E-state index is 12.9. The quantitative estimate of drug-likeness (QED) is 0.532. The lowest BCUT2D eigenvalue weighted by Gasteiger charge is -2.44. The van der Waals surface area contributed by atoms with Gasteiger partial charge in [0.1, 0.15) is 0 Å². The van der Waals surface area contributed by atoms with Crippen molar-refractivity contribution in [3.8, 4) is 0 Å². The van der Waals surface area contributed by atoms with E-state index in [1.807, 2.05) is 0 Å². The van der Waals surface area contributed by atoms with E-state index in [-0.39, 0.29) is 6.42 Å². The van der Waals surface area contributed by atoms with Crippen LogP contribution in [0, 0.1) is 17.8 Å². The fraction of sp³-hybridized carbons (Fsp3) is 0.889. The summed E-state index contributed by atoms with van der Waals surface area (Å²) in [5.41, 5.74) is 0.